The van der Waals surface area contributed by atoms with Gasteiger partial charge in [-0.2, -0.15) is 26.3 Å². The molecular weight excluding hydrogens is 1240 g/mol. The van der Waals surface area contributed by atoms with Crippen LogP contribution in [0.15, 0.2) is 58.3 Å². The number of halogens is 8. The quantitative estimate of drug-likeness (QED) is 0.0361. The summed E-state index contributed by atoms with van der Waals surface area (Å²) in [7, 11) is 4.50. The summed E-state index contributed by atoms with van der Waals surface area (Å²) in [6, 6.07) is 2.29. The van der Waals surface area contributed by atoms with Gasteiger partial charge in [-0.3, -0.25) is 19.3 Å². The maximum Gasteiger partial charge on any atom is 0.446 e. The van der Waals surface area contributed by atoms with Crippen LogP contribution in [-0.2, 0) is 74.9 Å². The number of hydrogen-bond donors (Lipinski definition) is 1. The monoisotopic (exact) mass is 1330 g/mol. The molecule has 0 aliphatic rings. The lowest BCUT2D eigenvalue weighted by atomic mass is 9.87. The highest BCUT2D eigenvalue weighted by atomic mass is 32.2. The predicted octanol–water partition coefficient (Wildman–Crippen LogP) is 11.3. The highest BCUT2D eigenvalue weighted by Gasteiger charge is 2.45. The lowest BCUT2D eigenvalue weighted by Crippen LogP contribution is -2.54. The first-order chi connectivity index (χ1) is 40.6. The van der Waals surface area contributed by atoms with E-state index in [2.05, 4.69) is 0 Å². The van der Waals surface area contributed by atoms with Crippen LogP contribution in [-0.4, -0.2) is 183 Å². The lowest BCUT2D eigenvalue weighted by molar-refractivity contribution is -0.175. The molecule has 8 atom stereocenters. The zero-order valence-electron chi connectivity index (χ0n) is 54.3. The third-order valence-electron chi connectivity index (χ3n) is 13.2. The molecule has 0 aliphatic heterocycles. The Morgan fingerprint density at radius 3 is 1.02 bits per heavy atom. The van der Waals surface area contributed by atoms with Crippen molar-refractivity contribution in [3.8, 4) is 0 Å². The first kappa shape index (κ1) is 79.7. The van der Waals surface area contributed by atoms with Gasteiger partial charge in [-0.15, -0.1) is 0 Å². The van der Waals surface area contributed by atoms with Crippen LogP contribution >= 0.6 is 23.5 Å². The van der Waals surface area contributed by atoms with Crippen molar-refractivity contribution in [1.29, 1.82) is 0 Å². The second kappa shape index (κ2) is 31.8. The van der Waals surface area contributed by atoms with Crippen molar-refractivity contribution in [1.82, 2.24) is 19.6 Å². The second-order valence-corrected chi connectivity index (χ2v) is 28.8. The molecule has 0 spiro atoms. The van der Waals surface area contributed by atoms with Gasteiger partial charge in [0.25, 0.3) is 17.7 Å². The summed E-state index contributed by atoms with van der Waals surface area (Å²) in [6.45, 7) is 21.7. The molecule has 0 fully saturated rings. The van der Waals surface area contributed by atoms with Gasteiger partial charge >= 0.3 is 47.0 Å². The van der Waals surface area contributed by atoms with Crippen molar-refractivity contribution in [2.24, 2.45) is 10.8 Å². The Hall–Kier alpha value is -6.39. The highest BCUT2D eigenvalue weighted by Crippen LogP contribution is 2.38. The van der Waals surface area contributed by atoms with E-state index in [4.69, 9.17) is 23.7 Å². The molecule has 19 nitrogen and oxygen atoms in total. The van der Waals surface area contributed by atoms with E-state index in [1.165, 1.54) is 38.2 Å². The predicted molar refractivity (Wildman–Crippen MR) is 318 cm³/mol. The van der Waals surface area contributed by atoms with Gasteiger partial charge in [-0.05, 0) is 145 Å². The Bertz CT molecular complexity index is 2810. The molecule has 508 valence electrons. The number of rotatable bonds is 28. The van der Waals surface area contributed by atoms with Crippen LogP contribution in [0.25, 0.3) is 0 Å². The van der Waals surface area contributed by atoms with Gasteiger partial charge in [0.1, 0.15) is 41.1 Å². The molecule has 90 heavy (non-hydrogen) atoms. The number of likely N-dealkylation sites (N-methyl/N-ethyl adjacent to an activating group) is 4. The fraction of sp³-hybridized carbons (Fsp3) is 0.656. The number of alkyl halides is 8. The largest absolute Gasteiger partial charge is 0.478 e. The van der Waals surface area contributed by atoms with E-state index in [1.54, 1.807) is 62.3 Å². The van der Waals surface area contributed by atoms with Crippen LogP contribution in [0.1, 0.15) is 141 Å². The Kier molecular flexibility index (Phi) is 28.1. The fourth-order valence-electron chi connectivity index (χ4n) is 8.80. The van der Waals surface area contributed by atoms with Crippen molar-refractivity contribution >= 4 is 77.2 Å². The van der Waals surface area contributed by atoms with Gasteiger partial charge in [0.2, 0.25) is 6.10 Å². The van der Waals surface area contributed by atoms with Crippen molar-refractivity contribution in [2.75, 3.05) is 28.2 Å². The number of carboxylic acids is 1. The number of thioether (sulfide) groups is 2. The molecule has 29 heteroatoms. The number of aliphatic carboxylic acids is 1. The minimum absolute atomic E-state index is 0.0283. The summed E-state index contributed by atoms with van der Waals surface area (Å²) in [6.07, 6.45) is -11.4. The van der Waals surface area contributed by atoms with Crippen LogP contribution in [0.2, 0.25) is 0 Å². The Balaban J connectivity index is 2.64. The van der Waals surface area contributed by atoms with E-state index in [-0.39, 0.29) is 33.8 Å². The number of carbonyl (C=O) groups is 9. The molecule has 2 aromatic carbocycles. The number of hydrogen-bond acceptors (Lipinski definition) is 16. The Labute approximate surface area is 529 Å². The van der Waals surface area contributed by atoms with E-state index in [0.29, 0.717) is 4.90 Å². The molecule has 0 saturated heterocycles. The van der Waals surface area contributed by atoms with Crippen LogP contribution in [0.3, 0.4) is 0 Å². The van der Waals surface area contributed by atoms with Crippen molar-refractivity contribution in [2.45, 2.75) is 229 Å². The minimum Gasteiger partial charge on any atom is -0.478 e. The summed E-state index contributed by atoms with van der Waals surface area (Å²) in [5, 5.41) is 10.0. The van der Waals surface area contributed by atoms with Gasteiger partial charge in [0, 0.05) is 63.7 Å². The van der Waals surface area contributed by atoms with Gasteiger partial charge < -0.3 is 43.5 Å². The Morgan fingerprint density at radius 1 is 0.433 bits per heavy atom. The third kappa shape index (κ3) is 28.4. The SMILES string of the molecule is C[C@@H](OC(=O)[C@H](CC(C)(C)C)N(C)C(=O)OC(C)(C)C)C(=O)N(C)[C@@H](CC(C)(C)F)C(=O)O[C@@H](Cc1ccc(SC(F)(F)F)cc1)C(=O)N(C)[C@@H](CC(C)(C)C)C(=O)O[C@H](C)C(=O)N(C)[C@@H](CC(C)(C)F)C(=O)O[C@@H](Cc1ccc(SC(F)(F)F)cc1)C(=O)O. The number of amides is 4. The fourth-order valence-corrected chi connectivity index (χ4v) is 9.88. The van der Waals surface area contributed by atoms with E-state index in [0.717, 1.165) is 94.7 Å². The number of nitrogens with zero attached hydrogens (tertiary/aromatic N) is 4. The number of esters is 4. The maximum absolute atomic E-state index is 15.8. The Morgan fingerprint density at radius 2 is 0.722 bits per heavy atom. The zero-order valence-corrected chi connectivity index (χ0v) is 55.9. The standard InChI is InChI=1S/C61H86F8N4O15S2/c1-34(46(74)71(17)43(33-59(14,15)63)53(82)87-45(49(77)78)29-37-22-26-39(27-23-37)90-61(67,68)69)84-50(79)40(30-55(3,4)5)72(18)48(76)44(28-36-20-24-38(25-21-36)89-60(64,65)66)86-52(81)42(32-58(12,13)62)70(16)47(75)35(2)85-51(80)41(31-56(6,7)8)73(19)54(83)88-57(9,10)11/h20-27,34-35,40-45H,28-33H2,1-19H3,(H,77,78)/t34-,35-,40+,41+,42+,43+,44+,45+/m1/s1. The van der Waals surface area contributed by atoms with Crippen LogP contribution in [0, 0.1) is 10.8 Å². The van der Waals surface area contributed by atoms with Crippen LogP contribution < -0.4 is 0 Å². The maximum atomic E-state index is 15.8. The second-order valence-electron chi connectivity index (χ2n) is 26.5. The molecule has 2 rings (SSSR count). The smallest absolute Gasteiger partial charge is 0.446 e. The minimum atomic E-state index is -4.69. The number of ether oxygens (including phenoxy) is 5. The lowest BCUT2D eigenvalue weighted by Gasteiger charge is -2.36. The average molecular weight is 1330 g/mol. The molecule has 1 N–H and O–H groups in total. The van der Waals surface area contributed by atoms with Crippen molar-refractivity contribution in [3.63, 3.8) is 0 Å². The highest BCUT2D eigenvalue weighted by molar-refractivity contribution is 8.00. The van der Waals surface area contributed by atoms with E-state index in [1.807, 2.05) is 0 Å². The molecule has 0 aliphatic carbocycles. The molecule has 0 heterocycles. The van der Waals surface area contributed by atoms with E-state index in [9.17, 15) is 74.6 Å². The van der Waals surface area contributed by atoms with Crippen molar-refractivity contribution < 1.29 is 107 Å². The molecule has 0 saturated carbocycles. The summed E-state index contributed by atoms with van der Waals surface area (Å²) in [4.78, 5) is 128. The molecule has 2 aromatic rings. The molecule has 0 bridgehead atoms. The van der Waals surface area contributed by atoms with Crippen LogP contribution in [0.5, 0.6) is 0 Å². The summed E-state index contributed by atoms with van der Waals surface area (Å²) < 4.78 is 138. The molecule has 0 aromatic heterocycles. The van der Waals surface area contributed by atoms with Gasteiger partial charge in [0.05, 0.1) is 0 Å². The zero-order chi connectivity index (χ0) is 69.8. The van der Waals surface area contributed by atoms with Crippen molar-refractivity contribution in [3.05, 3.63) is 59.7 Å². The van der Waals surface area contributed by atoms with Gasteiger partial charge in [0.15, 0.2) is 18.3 Å². The normalized spacial score (nSPS) is 15.3. The summed E-state index contributed by atoms with van der Waals surface area (Å²) in [5.74, 6) is -10.2. The van der Waals surface area contributed by atoms with E-state index < -0.39 is 190 Å². The topological polar surface area (TPSA) is 233 Å². The molecule has 0 unspecified atom stereocenters. The first-order valence-electron chi connectivity index (χ1n) is 28.5. The molecular formula is C61H86F8N4O15S2. The number of carboxylic acid groups (broad SMARTS) is 1. The molecule has 4 amide bonds. The third-order valence-corrected chi connectivity index (χ3v) is 14.6. The van der Waals surface area contributed by atoms with Gasteiger partial charge in [-0.25, -0.2) is 37.5 Å². The molecule has 0 radical (unpaired) electrons. The average Bonchev–Trinajstić information content (AvgIpc) is 0.921. The van der Waals surface area contributed by atoms with Crippen LogP contribution in [0.4, 0.5) is 39.9 Å². The van der Waals surface area contributed by atoms with E-state index >= 15 is 8.78 Å². The summed E-state index contributed by atoms with van der Waals surface area (Å²) >= 11 is -0.862. The number of carbonyl (C=O) groups excluding carboxylic acids is 8. The van der Waals surface area contributed by atoms with Gasteiger partial charge in [-0.1, -0.05) is 65.8 Å². The number of benzene rings is 2. The summed E-state index contributed by atoms with van der Waals surface area (Å²) in [5.41, 5.74) is -16.0. The first-order valence-corrected chi connectivity index (χ1v) is 30.1.